The second-order valence-electron chi connectivity index (χ2n) is 13.8. The van der Waals surface area contributed by atoms with Crippen molar-refractivity contribution in [2.45, 2.75) is 104 Å². The summed E-state index contributed by atoms with van der Waals surface area (Å²) in [7, 11) is 0. The van der Waals surface area contributed by atoms with Crippen molar-refractivity contribution in [3.63, 3.8) is 0 Å². The molecule has 14 nitrogen and oxygen atoms in total. The molecule has 2 atom stereocenters. The fourth-order valence-corrected chi connectivity index (χ4v) is 4.96. The second kappa shape index (κ2) is 19.4. The van der Waals surface area contributed by atoms with E-state index in [1.807, 2.05) is 53.7 Å². The van der Waals surface area contributed by atoms with Gasteiger partial charge in [0.05, 0.1) is 23.6 Å². The highest BCUT2D eigenvalue weighted by atomic mass is 16.6. The van der Waals surface area contributed by atoms with Crippen LogP contribution >= 0.6 is 0 Å². The first kappa shape index (κ1) is 41.4. The zero-order valence-corrected chi connectivity index (χ0v) is 30.6. The van der Waals surface area contributed by atoms with Gasteiger partial charge in [0.25, 0.3) is 5.69 Å². The maximum Gasteiger partial charge on any atom is 0.410 e. The summed E-state index contributed by atoms with van der Waals surface area (Å²) in [5.74, 6) is 1.10. The van der Waals surface area contributed by atoms with E-state index in [1.165, 1.54) is 19.1 Å². The molecule has 4 rings (SSSR count). The van der Waals surface area contributed by atoms with E-state index in [4.69, 9.17) is 24.7 Å². The molecule has 0 saturated carbocycles. The van der Waals surface area contributed by atoms with Gasteiger partial charge in [-0.2, -0.15) is 0 Å². The zero-order valence-electron chi connectivity index (χ0n) is 30.6. The number of likely N-dealkylation sites (tertiary alicyclic amines) is 2. The van der Waals surface area contributed by atoms with E-state index < -0.39 is 16.1 Å². The Balaban J connectivity index is 0.000000299. The number of nitrogen functional groups attached to an aromatic ring is 1. The highest BCUT2D eigenvalue weighted by Gasteiger charge is 2.33. The third-order valence-electron chi connectivity index (χ3n) is 7.17. The maximum absolute atomic E-state index is 12.2. The van der Waals surface area contributed by atoms with E-state index in [9.17, 15) is 24.5 Å². The van der Waals surface area contributed by atoms with Crippen molar-refractivity contribution in [1.82, 2.24) is 9.80 Å². The van der Waals surface area contributed by atoms with Crippen molar-refractivity contribution in [3.05, 3.63) is 58.6 Å². The average Bonchev–Trinajstić information content (AvgIpc) is 3.69. The van der Waals surface area contributed by atoms with E-state index in [2.05, 4.69) is 4.74 Å². The van der Waals surface area contributed by atoms with Crippen LogP contribution in [0, 0.1) is 10.1 Å². The Morgan fingerprint density at radius 2 is 1.18 bits per heavy atom. The Bertz CT molecular complexity index is 1370. The Hall–Kier alpha value is -4.75. The van der Waals surface area contributed by atoms with Crippen molar-refractivity contribution < 1.29 is 43.0 Å². The lowest BCUT2D eigenvalue weighted by molar-refractivity contribution is -0.384. The molecule has 0 bridgehead atoms. The molecule has 0 radical (unpaired) electrons. The highest BCUT2D eigenvalue weighted by molar-refractivity contribution is 5.69. The predicted octanol–water partition coefficient (Wildman–Crippen LogP) is 6.99. The fraction of sp³-hybridized carbons (Fsp3) is 0.583. The molecule has 0 aliphatic carbocycles. The van der Waals surface area contributed by atoms with Crippen LogP contribution in [0.15, 0.2) is 48.5 Å². The number of carbonyl (C=O) groups is 3. The van der Waals surface area contributed by atoms with Gasteiger partial charge >= 0.3 is 18.2 Å². The molecular weight excluding hydrogens is 648 g/mol. The lowest BCUT2D eigenvalue weighted by Crippen LogP contribution is -2.42. The van der Waals surface area contributed by atoms with Crippen LogP contribution in [-0.4, -0.2) is 89.1 Å². The minimum atomic E-state index is -0.524. The van der Waals surface area contributed by atoms with E-state index in [0.29, 0.717) is 37.8 Å². The van der Waals surface area contributed by atoms with Crippen LogP contribution < -0.4 is 15.2 Å². The van der Waals surface area contributed by atoms with Gasteiger partial charge < -0.3 is 39.2 Å². The molecule has 278 valence electrons. The molecule has 2 aromatic rings. The van der Waals surface area contributed by atoms with Gasteiger partial charge in [0, 0.05) is 37.8 Å². The number of rotatable bonds is 8. The molecule has 2 fully saturated rings. The number of hydrogen-bond donors (Lipinski definition) is 1. The SMILES string of the molecule is CC(C)(C)OC(=O)N1CCC[C@H]1COc1ccc(N)cc1.CC(C)(C)OC(=O)N1CCC[C@H]1COc1ccc([N+](=O)[O-])cc1.CCOC(C)=O. The molecule has 2 amide bonds. The summed E-state index contributed by atoms with van der Waals surface area (Å²) in [6.07, 6.45) is 3.10. The van der Waals surface area contributed by atoms with Crippen LogP contribution in [0.4, 0.5) is 21.0 Å². The van der Waals surface area contributed by atoms with Crippen LogP contribution in [-0.2, 0) is 19.0 Å². The first-order valence-electron chi connectivity index (χ1n) is 16.9. The van der Waals surface area contributed by atoms with Crippen molar-refractivity contribution in [3.8, 4) is 11.5 Å². The number of anilines is 1. The van der Waals surface area contributed by atoms with Crippen LogP contribution in [0.2, 0.25) is 0 Å². The summed E-state index contributed by atoms with van der Waals surface area (Å²) in [5, 5.41) is 10.6. The first-order chi connectivity index (χ1) is 23.4. The first-order valence-corrected chi connectivity index (χ1v) is 16.9. The van der Waals surface area contributed by atoms with Gasteiger partial charge in [-0.25, -0.2) is 9.59 Å². The average molecular weight is 703 g/mol. The Morgan fingerprint density at radius 1 is 0.780 bits per heavy atom. The number of nitro benzene ring substituents is 1. The van der Waals surface area contributed by atoms with E-state index in [-0.39, 0.29) is 35.9 Å². The van der Waals surface area contributed by atoms with Crippen LogP contribution in [0.25, 0.3) is 0 Å². The van der Waals surface area contributed by atoms with Crippen molar-refractivity contribution in [2.24, 2.45) is 0 Å². The Kier molecular flexibility index (Phi) is 16.1. The number of ether oxygens (including phenoxy) is 5. The van der Waals surface area contributed by atoms with E-state index >= 15 is 0 Å². The zero-order chi connectivity index (χ0) is 37.5. The van der Waals surface area contributed by atoms with E-state index in [0.717, 1.165) is 38.0 Å². The summed E-state index contributed by atoms with van der Waals surface area (Å²) in [5.41, 5.74) is 5.37. The molecular formula is C36H54N4O10. The van der Waals surface area contributed by atoms with Crippen molar-refractivity contribution >= 4 is 29.5 Å². The molecule has 0 spiro atoms. The van der Waals surface area contributed by atoms with Gasteiger partial charge in [-0.1, -0.05) is 0 Å². The third kappa shape index (κ3) is 15.6. The number of carbonyl (C=O) groups excluding carboxylic acids is 3. The second-order valence-corrected chi connectivity index (χ2v) is 13.8. The smallest absolute Gasteiger partial charge is 0.410 e. The fourth-order valence-electron chi connectivity index (χ4n) is 4.96. The molecule has 2 N–H and O–H groups in total. The lowest BCUT2D eigenvalue weighted by Gasteiger charge is -2.28. The summed E-state index contributed by atoms with van der Waals surface area (Å²) >= 11 is 0. The molecule has 0 unspecified atom stereocenters. The van der Waals surface area contributed by atoms with Gasteiger partial charge in [-0.3, -0.25) is 14.9 Å². The normalized spacial score (nSPS) is 17.0. The summed E-state index contributed by atoms with van der Waals surface area (Å²) in [4.78, 5) is 47.8. The number of nitrogens with two attached hydrogens (primary N) is 1. The molecule has 2 aliphatic rings. The van der Waals surface area contributed by atoms with Gasteiger partial charge in [-0.05, 0) is 111 Å². The van der Waals surface area contributed by atoms with Gasteiger partial charge in [0.1, 0.15) is 35.9 Å². The Morgan fingerprint density at radius 3 is 1.50 bits per heavy atom. The number of hydrogen-bond acceptors (Lipinski definition) is 11. The summed E-state index contributed by atoms with van der Waals surface area (Å²) < 4.78 is 26.7. The molecule has 2 saturated heterocycles. The third-order valence-corrected chi connectivity index (χ3v) is 7.17. The minimum absolute atomic E-state index is 0.0218. The number of nitro groups is 1. The molecule has 0 aromatic heterocycles. The Labute approximate surface area is 295 Å². The van der Waals surface area contributed by atoms with Crippen LogP contribution in [0.3, 0.4) is 0 Å². The minimum Gasteiger partial charge on any atom is -0.491 e. The topological polar surface area (TPSA) is 173 Å². The number of non-ortho nitro benzene ring substituents is 1. The molecule has 14 heteroatoms. The van der Waals surface area contributed by atoms with Crippen LogP contribution in [0.1, 0.15) is 81.1 Å². The van der Waals surface area contributed by atoms with Gasteiger partial charge in [0.15, 0.2) is 0 Å². The van der Waals surface area contributed by atoms with Gasteiger partial charge in [-0.15, -0.1) is 0 Å². The predicted molar refractivity (Wildman–Crippen MR) is 189 cm³/mol. The number of esters is 1. The van der Waals surface area contributed by atoms with Crippen molar-refractivity contribution in [2.75, 3.05) is 38.6 Å². The van der Waals surface area contributed by atoms with Gasteiger partial charge in [0.2, 0.25) is 0 Å². The standard InChI is InChI=1S/C16H22N2O5.C16H24N2O3.C4H8O2/c1-16(2,3)23-15(19)17-10-4-5-13(17)11-22-14-8-6-12(7-9-14)18(20)21;1-16(2,3)21-15(19)18-10-4-5-13(18)11-20-14-8-6-12(17)7-9-14;1-3-6-4(2)5/h6-9,13H,4-5,10-11H2,1-3H3;6-9,13H,4-5,10-11,17H2,1-3H3;3H2,1-2H3/t2*13-;/m00./s1. The summed E-state index contributed by atoms with van der Waals surface area (Å²) in [6.45, 7) is 17.0. The van der Waals surface area contributed by atoms with E-state index in [1.54, 1.807) is 41.0 Å². The number of benzene rings is 2. The monoisotopic (exact) mass is 702 g/mol. The molecule has 2 aromatic carbocycles. The lowest BCUT2D eigenvalue weighted by atomic mass is 10.2. The largest absolute Gasteiger partial charge is 0.491 e. The molecule has 50 heavy (non-hydrogen) atoms. The van der Waals surface area contributed by atoms with Crippen LogP contribution in [0.5, 0.6) is 11.5 Å². The maximum atomic E-state index is 12.2. The molecule has 2 aliphatic heterocycles. The summed E-state index contributed by atoms with van der Waals surface area (Å²) in [6, 6.07) is 13.2. The number of nitrogens with zero attached hydrogens (tertiary/aromatic N) is 3. The number of amides is 2. The molecule has 2 heterocycles. The highest BCUT2D eigenvalue weighted by Crippen LogP contribution is 2.24. The quantitative estimate of drug-likeness (QED) is 0.0987. The van der Waals surface area contributed by atoms with Crippen molar-refractivity contribution in [1.29, 1.82) is 0 Å².